The van der Waals surface area contributed by atoms with Crippen LogP contribution in [0.2, 0.25) is 0 Å². The van der Waals surface area contributed by atoms with Crippen LogP contribution in [0.1, 0.15) is 84.1 Å². The zero-order valence-corrected chi connectivity index (χ0v) is 19.5. The lowest BCUT2D eigenvalue weighted by molar-refractivity contribution is 0.268. The van der Waals surface area contributed by atoms with Crippen LogP contribution in [0.25, 0.3) is 0 Å². The Kier molecular flexibility index (Phi) is 7.66. The molecule has 2 unspecified atom stereocenters. The Morgan fingerprint density at radius 3 is 2.07 bits per heavy atom. The second-order valence-corrected chi connectivity index (χ2v) is 12.3. The van der Waals surface area contributed by atoms with Crippen LogP contribution in [0.4, 0.5) is 5.69 Å². The van der Waals surface area contributed by atoms with Crippen molar-refractivity contribution in [2.45, 2.75) is 89.9 Å². The van der Waals surface area contributed by atoms with Crippen molar-refractivity contribution in [3.8, 4) is 0 Å². The normalized spacial score (nSPS) is 31.0. The molecule has 1 aromatic carbocycles. The summed E-state index contributed by atoms with van der Waals surface area (Å²) in [6.45, 7) is 9.22. The minimum Gasteiger partial charge on any atom is -0.385 e. The highest BCUT2D eigenvalue weighted by molar-refractivity contribution is 7.90. The average Bonchev–Trinajstić information content (AvgIpc) is 2.67. The highest BCUT2D eigenvalue weighted by Crippen LogP contribution is 2.39. The predicted molar refractivity (Wildman–Crippen MR) is 123 cm³/mol. The average molecular weight is 421 g/mol. The van der Waals surface area contributed by atoms with Crippen LogP contribution in [0.5, 0.6) is 0 Å². The van der Waals surface area contributed by atoms with E-state index in [2.05, 4.69) is 48.2 Å². The van der Waals surface area contributed by atoms with Gasteiger partial charge in [0.05, 0.1) is 5.25 Å². The Balaban J connectivity index is 1.43. The fourth-order valence-electron chi connectivity index (χ4n) is 5.21. The molecule has 2 aliphatic rings. The van der Waals surface area contributed by atoms with Crippen molar-refractivity contribution in [1.29, 1.82) is 0 Å². The number of sulfonamides is 1. The van der Waals surface area contributed by atoms with Crippen molar-refractivity contribution < 1.29 is 8.42 Å². The van der Waals surface area contributed by atoms with Crippen molar-refractivity contribution in [2.24, 2.45) is 17.8 Å². The third-order valence-corrected chi connectivity index (χ3v) is 8.86. The second-order valence-electron chi connectivity index (χ2n) is 10.0. The molecule has 2 fully saturated rings. The molecule has 2 aliphatic carbocycles. The topological polar surface area (TPSA) is 58.2 Å². The molecule has 4 nitrogen and oxygen atoms in total. The summed E-state index contributed by atoms with van der Waals surface area (Å²) in [6.07, 6.45) is 8.05. The minimum atomic E-state index is -3.16. The molecule has 2 saturated carbocycles. The van der Waals surface area contributed by atoms with Gasteiger partial charge in [0.15, 0.2) is 0 Å². The fourth-order valence-corrected chi connectivity index (χ4v) is 6.18. The van der Waals surface area contributed by atoms with E-state index in [1.165, 1.54) is 30.5 Å². The maximum absolute atomic E-state index is 12.0. The quantitative estimate of drug-likeness (QED) is 0.610. The predicted octanol–water partition coefficient (Wildman–Crippen LogP) is 5.52. The highest BCUT2D eigenvalue weighted by atomic mass is 32.2. The van der Waals surface area contributed by atoms with Crippen molar-refractivity contribution in [2.75, 3.05) is 11.9 Å². The summed E-state index contributed by atoms with van der Waals surface area (Å²) in [4.78, 5) is 0. The van der Waals surface area contributed by atoms with Gasteiger partial charge in [-0.15, -0.1) is 0 Å². The van der Waals surface area contributed by atoms with Crippen LogP contribution in [-0.2, 0) is 10.0 Å². The summed E-state index contributed by atoms with van der Waals surface area (Å²) < 4.78 is 27.0. The van der Waals surface area contributed by atoms with E-state index in [4.69, 9.17) is 0 Å². The molecular weight excluding hydrogens is 380 g/mol. The number of hydrogen-bond donors (Lipinski definition) is 2. The zero-order valence-electron chi connectivity index (χ0n) is 18.7. The molecule has 0 spiro atoms. The third kappa shape index (κ3) is 6.45. The largest absolute Gasteiger partial charge is 0.385 e. The first-order valence-electron chi connectivity index (χ1n) is 11.6. The Morgan fingerprint density at radius 1 is 0.931 bits per heavy atom. The summed E-state index contributed by atoms with van der Waals surface area (Å²) >= 11 is 0. The first-order chi connectivity index (χ1) is 13.7. The molecule has 0 aromatic heterocycles. The summed E-state index contributed by atoms with van der Waals surface area (Å²) in [5.41, 5.74) is 2.69. The smallest absolute Gasteiger partial charge is 0.214 e. The van der Waals surface area contributed by atoms with Crippen LogP contribution in [0.3, 0.4) is 0 Å². The van der Waals surface area contributed by atoms with Gasteiger partial charge in [0.1, 0.15) is 0 Å². The molecule has 0 aliphatic heterocycles. The Labute approximate surface area is 178 Å². The maximum atomic E-state index is 12.0. The van der Waals surface area contributed by atoms with E-state index in [-0.39, 0.29) is 11.3 Å². The van der Waals surface area contributed by atoms with Gasteiger partial charge in [-0.25, -0.2) is 13.1 Å². The lowest BCUT2D eigenvalue weighted by Crippen LogP contribution is -2.41. The summed E-state index contributed by atoms with van der Waals surface area (Å²) in [5, 5.41) is 3.25. The van der Waals surface area contributed by atoms with E-state index in [1.54, 1.807) is 13.8 Å². The van der Waals surface area contributed by atoms with E-state index >= 15 is 0 Å². The van der Waals surface area contributed by atoms with Gasteiger partial charge in [0.25, 0.3) is 0 Å². The molecule has 29 heavy (non-hydrogen) atoms. The maximum Gasteiger partial charge on any atom is 0.214 e. The van der Waals surface area contributed by atoms with Gasteiger partial charge < -0.3 is 5.32 Å². The molecule has 2 N–H and O–H groups in total. The van der Waals surface area contributed by atoms with Crippen LogP contribution < -0.4 is 10.0 Å². The second kappa shape index (κ2) is 9.82. The van der Waals surface area contributed by atoms with Crippen LogP contribution >= 0.6 is 0 Å². The van der Waals surface area contributed by atoms with E-state index < -0.39 is 10.0 Å². The van der Waals surface area contributed by atoms with Crippen molar-refractivity contribution in [1.82, 2.24) is 4.72 Å². The zero-order chi connectivity index (χ0) is 21.0. The van der Waals surface area contributed by atoms with Crippen molar-refractivity contribution in [3.05, 3.63) is 29.8 Å². The molecule has 0 amide bonds. The van der Waals surface area contributed by atoms with Crippen LogP contribution in [0.15, 0.2) is 24.3 Å². The highest BCUT2D eigenvalue weighted by Gasteiger charge is 2.27. The Morgan fingerprint density at radius 2 is 1.52 bits per heavy atom. The van der Waals surface area contributed by atoms with E-state index in [0.717, 1.165) is 44.1 Å². The minimum absolute atomic E-state index is 0.109. The third-order valence-electron chi connectivity index (χ3n) is 6.95. The van der Waals surface area contributed by atoms with Gasteiger partial charge in [0, 0.05) is 18.3 Å². The Hall–Kier alpha value is -1.07. The number of hydrogen-bond acceptors (Lipinski definition) is 3. The molecule has 164 valence electrons. The van der Waals surface area contributed by atoms with Gasteiger partial charge in [-0.1, -0.05) is 26.0 Å². The van der Waals surface area contributed by atoms with Crippen molar-refractivity contribution >= 4 is 15.7 Å². The van der Waals surface area contributed by atoms with Crippen LogP contribution in [-0.4, -0.2) is 26.3 Å². The van der Waals surface area contributed by atoms with E-state index in [9.17, 15) is 8.42 Å². The lowest BCUT2D eigenvalue weighted by Gasteiger charge is -2.32. The number of anilines is 1. The molecule has 2 atom stereocenters. The first-order valence-corrected chi connectivity index (χ1v) is 13.1. The molecule has 0 saturated heterocycles. The number of benzene rings is 1. The summed E-state index contributed by atoms with van der Waals surface area (Å²) in [7, 11) is -3.16. The molecule has 3 rings (SSSR count). The van der Waals surface area contributed by atoms with Crippen molar-refractivity contribution in [3.63, 3.8) is 0 Å². The van der Waals surface area contributed by atoms with Gasteiger partial charge in [0.2, 0.25) is 10.0 Å². The van der Waals surface area contributed by atoms with Crippen LogP contribution in [0, 0.1) is 17.8 Å². The lowest BCUT2D eigenvalue weighted by atomic mass is 9.74. The Bertz CT molecular complexity index is 727. The van der Waals surface area contributed by atoms with Gasteiger partial charge >= 0.3 is 0 Å². The molecule has 0 bridgehead atoms. The molecule has 0 radical (unpaired) electrons. The summed E-state index contributed by atoms with van der Waals surface area (Å²) in [6, 6.07) is 9.21. The van der Waals surface area contributed by atoms with E-state index in [0.29, 0.717) is 11.8 Å². The van der Waals surface area contributed by atoms with Gasteiger partial charge in [-0.05, 0) is 100 Å². The van der Waals surface area contributed by atoms with E-state index in [1.807, 2.05) is 0 Å². The molecule has 0 heterocycles. The standard InChI is InChI=1S/C24H40N2O2S/c1-17(2)29(27,28)26-24-9-5-20(6-10-24)16-25-23-11-7-21(8-12-23)22-14-18(3)13-19(4)15-22/h7-8,11-12,17-20,22,24-26H,5-6,9-10,13-16H2,1-4H3/t18?,19?,20-,22?,24-. The monoisotopic (exact) mass is 420 g/mol. The first kappa shape index (κ1) is 22.6. The molecule has 1 aromatic rings. The number of rotatable bonds is 7. The summed E-state index contributed by atoms with van der Waals surface area (Å²) in [5.74, 6) is 3.01. The number of nitrogens with one attached hydrogen (secondary N) is 2. The molecule has 5 heteroatoms. The molecular formula is C24H40N2O2S. The SMILES string of the molecule is CC1CC(C)CC(c2ccc(NC[C@H]3CC[C@H](NS(=O)(=O)C(C)C)CC3)cc2)C1. The van der Waals surface area contributed by atoms with Gasteiger partial charge in [-0.3, -0.25) is 0 Å². The van der Waals surface area contributed by atoms with Gasteiger partial charge in [-0.2, -0.15) is 0 Å². The fraction of sp³-hybridized carbons (Fsp3) is 0.750.